The van der Waals surface area contributed by atoms with Gasteiger partial charge in [-0.1, -0.05) is 97.1 Å². The van der Waals surface area contributed by atoms with Crippen LogP contribution in [-0.2, 0) is 0 Å². The van der Waals surface area contributed by atoms with Gasteiger partial charge in [-0.15, -0.1) is 0 Å². The number of nitrogens with zero attached hydrogens (tertiary/aromatic N) is 8. The molecule has 0 atom stereocenters. The number of benzene rings is 10. The molecule has 12 aromatic rings. The third kappa shape index (κ3) is 7.44. The van der Waals surface area contributed by atoms with Gasteiger partial charge in [0, 0.05) is 44.0 Å². The third-order valence-electron chi connectivity index (χ3n) is 14.0. The fourth-order valence-electron chi connectivity index (χ4n) is 10.2. The molecule has 0 unspecified atom stereocenters. The maximum atomic E-state index is 10.9. The Morgan fingerprint density at radius 2 is 0.473 bits per heavy atom. The number of hydrogen-bond donors (Lipinski definition) is 0. The highest BCUT2D eigenvalue weighted by Crippen LogP contribution is 2.42. The highest BCUT2D eigenvalue weighted by atomic mass is 15.0. The first-order valence-corrected chi connectivity index (χ1v) is 23.6. The molecule has 0 fully saturated rings. The van der Waals surface area contributed by atoms with Gasteiger partial charge in [-0.3, -0.25) is 0 Å². The molecule has 0 aliphatic heterocycles. The van der Waals surface area contributed by atoms with Gasteiger partial charge in [0.25, 0.3) is 0 Å². The third-order valence-corrected chi connectivity index (χ3v) is 14.0. The topological polar surface area (TPSA) is 153 Å². The van der Waals surface area contributed by atoms with Gasteiger partial charge >= 0.3 is 0 Å². The van der Waals surface area contributed by atoms with Gasteiger partial charge in [-0.25, -0.2) is 0 Å². The van der Waals surface area contributed by atoms with E-state index in [0.717, 1.165) is 99.5 Å². The van der Waals surface area contributed by atoms with E-state index in [9.17, 15) is 31.6 Å². The van der Waals surface area contributed by atoms with E-state index in [0.29, 0.717) is 44.5 Å². The fraction of sp³-hybridized carbons (Fsp3) is 0. The van der Waals surface area contributed by atoms with Crippen molar-refractivity contribution >= 4 is 43.6 Å². The number of rotatable bonds is 7. The Morgan fingerprint density at radius 3 is 0.703 bits per heavy atom. The van der Waals surface area contributed by atoms with Crippen LogP contribution >= 0.6 is 0 Å². The minimum atomic E-state index is 0.396. The van der Waals surface area contributed by atoms with Crippen LogP contribution in [0, 0.1) is 68.0 Å². The van der Waals surface area contributed by atoms with Crippen molar-refractivity contribution in [2.45, 2.75) is 0 Å². The zero-order valence-electron chi connectivity index (χ0n) is 39.2. The summed E-state index contributed by atoms with van der Waals surface area (Å²) >= 11 is 0. The van der Waals surface area contributed by atoms with Crippen molar-refractivity contribution in [3.8, 4) is 103 Å². The van der Waals surface area contributed by atoms with Crippen molar-refractivity contribution < 1.29 is 0 Å². The van der Waals surface area contributed by atoms with Gasteiger partial charge in [0.2, 0.25) is 0 Å². The van der Waals surface area contributed by atoms with Crippen LogP contribution in [0.5, 0.6) is 0 Å². The second-order valence-electron chi connectivity index (χ2n) is 18.0. The van der Waals surface area contributed by atoms with Gasteiger partial charge in [0.05, 0.1) is 91.9 Å². The molecule has 0 radical (unpaired) electrons. The summed E-state index contributed by atoms with van der Waals surface area (Å²) in [5, 5.41) is 64.0. The maximum Gasteiger partial charge on any atom is 0.0998 e. The van der Waals surface area contributed by atoms with E-state index >= 15 is 0 Å². The van der Waals surface area contributed by atoms with Crippen molar-refractivity contribution in [3.05, 3.63) is 240 Å². The highest BCUT2D eigenvalue weighted by Gasteiger charge is 2.21. The van der Waals surface area contributed by atoms with E-state index in [1.54, 1.807) is 0 Å². The van der Waals surface area contributed by atoms with Crippen LogP contribution in [0.4, 0.5) is 0 Å². The largest absolute Gasteiger partial charge is 0.309 e. The monoisotopic (exact) mass is 938 g/mol. The SMILES string of the molecule is N#Cc1ccc(-c2ccc3c4ccc(-c5ccc(C#N)cc5)cc4n(-c4ccc(C#N)c(-c5cc(-n6c7cc(-c8ccc(C#N)cc8)ccc7c7ccc(-c8ccc(C#N)cc8)cc76)ccc5C#N)c4)c3c2)cc1. The molecule has 2 heterocycles. The van der Waals surface area contributed by atoms with Crippen molar-refractivity contribution in [1.82, 2.24) is 9.13 Å². The number of fused-ring (bicyclic) bond motifs is 6. The van der Waals surface area contributed by atoms with E-state index in [-0.39, 0.29) is 0 Å². The number of hydrogen-bond acceptors (Lipinski definition) is 6. The molecule has 0 N–H and O–H groups in total. The van der Waals surface area contributed by atoms with Crippen LogP contribution in [0.15, 0.2) is 206 Å². The normalized spacial score (nSPS) is 10.9. The molecule has 8 heteroatoms. The van der Waals surface area contributed by atoms with Gasteiger partial charge < -0.3 is 9.13 Å². The summed E-state index contributed by atoms with van der Waals surface area (Å²) in [6.45, 7) is 0. The molecular formula is C66H34N8. The Balaban J connectivity index is 1.08. The Labute approximate surface area is 425 Å². The van der Waals surface area contributed by atoms with E-state index in [2.05, 4.69) is 118 Å². The molecule has 0 spiro atoms. The first-order chi connectivity index (χ1) is 36.4. The van der Waals surface area contributed by atoms with Crippen molar-refractivity contribution in [2.75, 3.05) is 0 Å². The number of nitriles is 6. The standard InChI is InChI=1S/C66H34N8/c67-35-41-1-9-45(10-2-41)49-19-25-57-58-26-20-50(46-11-3-42(36-68)4-12-46)30-64(58)73(63(57)29-49)55-23-17-53(39-71)61(33-55)62-34-56(24-18-54(62)40-72)74-65-31-51(47-13-5-43(37-69)6-14-47)21-27-59(65)60-28-22-52(32-66(60)74)48-15-7-44(38-70)8-16-48/h1-34H. The first kappa shape index (κ1) is 44.0. The van der Waals surface area contributed by atoms with Crippen molar-refractivity contribution in [2.24, 2.45) is 0 Å². The average Bonchev–Trinajstić information content (AvgIpc) is 3.98. The fourth-order valence-corrected chi connectivity index (χ4v) is 10.2. The van der Waals surface area contributed by atoms with Crippen molar-refractivity contribution in [3.63, 3.8) is 0 Å². The molecule has 0 bridgehead atoms. The summed E-state index contributed by atoms with van der Waals surface area (Å²) in [5.41, 5.74) is 17.2. The molecule has 0 aliphatic carbocycles. The molecule has 8 nitrogen and oxygen atoms in total. The predicted octanol–water partition coefficient (Wildman–Crippen LogP) is 15.4. The van der Waals surface area contributed by atoms with E-state index in [1.807, 2.05) is 133 Å². The summed E-state index contributed by atoms with van der Waals surface area (Å²) < 4.78 is 4.40. The maximum absolute atomic E-state index is 10.9. The Hall–Kier alpha value is -11.3. The van der Waals surface area contributed by atoms with Gasteiger partial charge in [0.15, 0.2) is 0 Å². The average molecular weight is 939 g/mol. The quantitative estimate of drug-likeness (QED) is 0.155. The van der Waals surface area contributed by atoms with Gasteiger partial charge in [0.1, 0.15) is 0 Å². The van der Waals surface area contributed by atoms with Gasteiger partial charge in [-0.2, -0.15) is 31.6 Å². The van der Waals surface area contributed by atoms with Crippen LogP contribution in [-0.4, -0.2) is 9.13 Å². The van der Waals surface area contributed by atoms with Gasteiger partial charge in [-0.05, 0) is 154 Å². The summed E-state index contributed by atoms with van der Waals surface area (Å²) in [4.78, 5) is 0. The molecule has 0 saturated heterocycles. The summed E-state index contributed by atoms with van der Waals surface area (Å²) in [5.74, 6) is 0. The zero-order chi connectivity index (χ0) is 50.5. The van der Waals surface area contributed by atoms with Crippen LogP contribution in [0.25, 0.3) is 111 Å². The number of aromatic nitrogens is 2. The summed E-state index contributed by atoms with van der Waals surface area (Å²) in [6.07, 6.45) is 0. The minimum Gasteiger partial charge on any atom is -0.309 e. The Kier molecular flexibility index (Phi) is 10.7. The molecule has 338 valence electrons. The van der Waals surface area contributed by atoms with E-state index < -0.39 is 0 Å². The highest BCUT2D eigenvalue weighted by molar-refractivity contribution is 6.12. The molecule has 0 saturated carbocycles. The summed E-state index contributed by atoms with van der Waals surface area (Å²) in [6, 6.07) is 80.8. The molecule has 10 aromatic carbocycles. The van der Waals surface area contributed by atoms with Crippen LogP contribution < -0.4 is 0 Å². The molecule has 2 aromatic heterocycles. The second-order valence-corrected chi connectivity index (χ2v) is 18.0. The van der Waals surface area contributed by atoms with Crippen LogP contribution in [0.2, 0.25) is 0 Å². The lowest BCUT2D eigenvalue weighted by Crippen LogP contribution is -1.99. The molecule has 0 amide bonds. The Bertz CT molecular complexity index is 4040. The second kappa shape index (κ2) is 17.9. The molecule has 74 heavy (non-hydrogen) atoms. The first-order valence-electron chi connectivity index (χ1n) is 23.6. The van der Waals surface area contributed by atoms with Crippen molar-refractivity contribution in [1.29, 1.82) is 31.6 Å². The smallest absolute Gasteiger partial charge is 0.0998 e. The lowest BCUT2D eigenvalue weighted by Gasteiger charge is -2.16. The Morgan fingerprint density at radius 1 is 0.230 bits per heavy atom. The summed E-state index contributed by atoms with van der Waals surface area (Å²) in [7, 11) is 0. The lowest BCUT2D eigenvalue weighted by molar-refractivity contribution is 1.17. The van der Waals surface area contributed by atoms with E-state index in [4.69, 9.17) is 0 Å². The van der Waals surface area contributed by atoms with Crippen LogP contribution in [0.3, 0.4) is 0 Å². The predicted molar refractivity (Wildman–Crippen MR) is 291 cm³/mol. The minimum absolute atomic E-state index is 0.396. The lowest BCUT2D eigenvalue weighted by atomic mass is 9.94. The molecule has 12 rings (SSSR count). The van der Waals surface area contributed by atoms with Crippen LogP contribution in [0.1, 0.15) is 33.4 Å². The molecular weight excluding hydrogens is 905 g/mol. The molecule has 0 aliphatic rings. The zero-order valence-corrected chi connectivity index (χ0v) is 39.2. The van der Waals surface area contributed by atoms with E-state index in [1.165, 1.54) is 0 Å².